The molecule has 0 heterocycles. The lowest BCUT2D eigenvalue weighted by atomic mass is 10.4. The van der Waals surface area contributed by atoms with E-state index in [1.165, 1.54) is 0 Å². The summed E-state index contributed by atoms with van der Waals surface area (Å²) in [5.74, 6) is 0. The minimum atomic E-state index is -3.77. The van der Waals surface area contributed by atoms with Crippen molar-refractivity contribution in [1.82, 2.24) is 4.08 Å². The number of rotatable bonds is 6. The SMILES string of the molecule is CCOP(O)(=S)N(C(C)C)S(=O)(=O)CCl. The average Bonchev–Trinajstić information content (AvgIpc) is 2.01. The van der Waals surface area contributed by atoms with Gasteiger partial charge < -0.3 is 9.42 Å². The normalized spacial score (nSPS) is 17.0. The zero-order valence-corrected chi connectivity index (χ0v) is 12.0. The van der Waals surface area contributed by atoms with E-state index in [9.17, 15) is 13.3 Å². The highest BCUT2D eigenvalue weighted by Gasteiger charge is 2.36. The number of hydrogen-bond donors (Lipinski definition) is 1. The van der Waals surface area contributed by atoms with Gasteiger partial charge in [0.15, 0.2) is 0 Å². The van der Waals surface area contributed by atoms with Crippen LogP contribution < -0.4 is 0 Å². The van der Waals surface area contributed by atoms with E-state index in [4.69, 9.17) is 27.9 Å². The van der Waals surface area contributed by atoms with E-state index < -0.39 is 27.9 Å². The lowest BCUT2D eigenvalue weighted by molar-refractivity contribution is 0.285. The number of alkyl halides is 1. The first-order chi connectivity index (χ1) is 6.69. The highest BCUT2D eigenvalue weighted by molar-refractivity contribution is 8.13. The van der Waals surface area contributed by atoms with Crippen molar-refractivity contribution < 1.29 is 17.8 Å². The molecule has 0 saturated carbocycles. The largest absolute Gasteiger partial charge is 0.333 e. The predicted molar refractivity (Wildman–Crippen MR) is 64.7 cm³/mol. The van der Waals surface area contributed by atoms with Crippen molar-refractivity contribution in [3.8, 4) is 0 Å². The molecule has 15 heavy (non-hydrogen) atoms. The Hall–Kier alpha value is 0.770. The molecular formula is C6H15ClNO4PS2. The van der Waals surface area contributed by atoms with E-state index in [1.807, 2.05) is 0 Å². The maximum Gasteiger partial charge on any atom is 0.275 e. The van der Waals surface area contributed by atoms with Gasteiger partial charge in [-0.05, 0) is 32.6 Å². The molecule has 0 spiro atoms. The quantitative estimate of drug-likeness (QED) is 0.594. The Kier molecular flexibility index (Phi) is 6.21. The summed E-state index contributed by atoms with van der Waals surface area (Å²) in [7, 11) is -3.77. The van der Waals surface area contributed by atoms with Gasteiger partial charge in [0.25, 0.3) is 6.64 Å². The number of hydrogen-bond acceptors (Lipinski definition) is 4. The van der Waals surface area contributed by atoms with Gasteiger partial charge in [-0.3, -0.25) is 0 Å². The van der Waals surface area contributed by atoms with Crippen LogP contribution in [-0.4, -0.2) is 35.2 Å². The maximum absolute atomic E-state index is 11.6. The van der Waals surface area contributed by atoms with Crippen molar-refractivity contribution in [3.63, 3.8) is 0 Å². The summed E-state index contributed by atoms with van der Waals surface area (Å²) in [4.78, 5) is 9.80. The fourth-order valence-electron chi connectivity index (χ4n) is 1.05. The van der Waals surface area contributed by atoms with Crippen LogP contribution in [0.15, 0.2) is 0 Å². The summed E-state index contributed by atoms with van der Waals surface area (Å²) >= 11 is 10.1. The molecule has 0 aromatic carbocycles. The predicted octanol–water partition coefficient (Wildman–Crippen LogP) is 1.48. The van der Waals surface area contributed by atoms with Crippen LogP contribution in [0.25, 0.3) is 0 Å². The standard InChI is InChI=1S/C6H15ClNO4PS2/c1-4-12-13(9,14)8(6(2)3)15(10,11)5-7/h6H,4-5H2,1-3H3,(H,9,14). The van der Waals surface area contributed by atoms with Crippen LogP contribution in [0.5, 0.6) is 0 Å². The third-order valence-corrected chi connectivity index (χ3v) is 7.62. The fraction of sp³-hybridized carbons (Fsp3) is 1.00. The Morgan fingerprint density at radius 2 is 2.07 bits per heavy atom. The van der Waals surface area contributed by atoms with E-state index in [0.29, 0.717) is 0 Å². The molecule has 0 rings (SSSR count). The van der Waals surface area contributed by atoms with Crippen molar-refractivity contribution >= 4 is 40.1 Å². The first kappa shape index (κ1) is 15.8. The van der Waals surface area contributed by atoms with Crippen molar-refractivity contribution in [2.45, 2.75) is 26.8 Å². The molecule has 92 valence electrons. The summed E-state index contributed by atoms with van der Waals surface area (Å²) in [5, 5.41) is -0.628. The van der Waals surface area contributed by atoms with Crippen LogP contribution in [-0.2, 0) is 26.4 Å². The molecule has 1 unspecified atom stereocenters. The Balaban J connectivity index is 5.26. The molecule has 0 amide bonds. The first-order valence-corrected chi connectivity index (χ1v) is 9.02. The Labute approximate surface area is 101 Å². The maximum atomic E-state index is 11.6. The van der Waals surface area contributed by atoms with Gasteiger partial charge >= 0.3 is 0 Å². The van der Waals surface area contributed by atoms with Gasteiger partial charge in [-0.25, -0.2) is 8.42 Å². The zero-order valence-electron chi connectivity index (χ0n) is 8.75. The lowest BCUT2D eigenvalue weighted by Gasteiger charge is -2.30. The molecule has 0 aromatic heterocycles. The van der Waals surface area contributed by atoms with Gasteiger partial charge in [0.2, 0.25) is 10.0 Å². The third-order valence-electron chi connectivity index (χ3n) is 1.41. The summed E-state index contributed by atoms with van der Waals surface area (Å²) in [5.41, 5.74) is 0. The molecule has 0 bridgehead atoms. The smallest absolute Gasteiger partial charge is 0.275 e. The number of halogens is 1. The van der Waals surface area contributed by atoms with Crippen molar-refractivity contribution in [2.24, 2.45) is 0 Å². The molecule has 0 aliphatic rings. The Morgan fingerprint density at radius 1 is 1.60 bits per heavy atom. The van der Waals surface area contributed by atoms with Crippen LogP contribution in [0.4, 0.5) is 0 Å². The van der Waals surface area contributed by atoms with Gasteiger partial charge in [-0.15, -0.1) is 15.7 Å². The molecule has 0 aliphatic carbocycles. The summed E-state index contributed by atoms with van der Waals surface area (Å²) < 4.78 is 28.8. The van der Waals surface area contributed by atoms with E-state index >= 15 is 0 Å². The first-order valence-electron chi connectivity index (χ1n) is 4.25. The molecule has 5 nitrogen and oxygen atoms in total. The summed E-state index contributed by atoms with van der Waals surface area (Å²) in [6, 6.07) is -0.490. The van der Waals surface area contributed by atoms with Gasteiger partial charge in [-0.1, -0.05) is 0 Å². The van der Waals surface area contributed by atoms with E-state index in [-0.39, 0.29) is 6.61 Å². The molecule has 0 fully saturated rings. The van der Waals surface area contributed by atoms with Gasteiger partial charge in [-0.2, -0.15) is 0 Å². The van der Waals surface area contributed by atoms with E-state index in [1.54, 1.807) is 20.8 Å². The molecular weight excluding hydrogens is 281 g/mol. The van der Waals surface area contributed by atoms with Crippen LogP contribution in [0.2, 0.25) is 0 Å². The molecule has 0 aromatic rings. The van der Waals surface area contributed by atoms with Crippen LogP contribution in [0, 0.1) is 0 Å². The van der Waals surface area contributed by atoms with Crippen molar-refractivity contribution in [1.29, 1.82) is 0 Å². The van der Waals surface area contributed by atoms with E-state index in [2.05, 4.69) is 0 Å². The second-order valence-corrected chi connectivity index (χ2v) is 8.79. The molecule has 1 N–H and O–H groups in total. The second-order valence-electron chi connectivity index (χ2n) is 3.00. The lowest BCUT2D eigenvalue weighted by Crippen LogP contribution is -2.35. The minimum Gasteiger partial charge on any atom is -0.333 e. The molecule has 1 atom stereocenters. The fourth-order valence-corrected chi connectivity index (χ4v) is 6.71. The topological polar surface area (TPSA) is 66.8 Å². The summed E-state index contributed by atoms with van der Waals surface area (Å²) in [6.45, 7) is 1.47. The van der Waals surface area contributed by atoms with Crippen LogP contribution in [0.3, 0.4) is 0 Å². The third kappa shape index (κ3) is 4.26. The minimum absolute atomic E-state index is 0.148. The van der Waals surface area contributed by atoms with E-state index in [0.717, 1.165) is 4.08 Å². The van der Waals surface area contributed by atoms with Crippen LogP contribution in [0.1, 0.15) is 20.8 Å². The zero-order chi connectivity index (χ0) is 12.3. The average molecular weight is 296 g/mol. The van der Waals surface area contributed by atoms with Crippen molar-refractivity contribution in [3.05, 3.63) is 0 Å². The van der Waals surface area contributed by atoms with Crippen LogP contribution >= 0.6 is 18.2 Å². The Bertz CT molecular complexity index is 345. The highest BCUT2D eigenvalue weighted by atomic mass is 35.5. The molecule has 0 aliphatic heterocycles. The monoisotopic (exact) mass is 295 g/mol. The van der Waals surface area contributed by atoms with Gasteiger partial charge in [0, 0.05) is 6.04 Å². The molecule has 0 radical (unpaired) electrons. The van der Waals surface area contributed by atoms with Gasteiger partial charge in [0.1, 0.15) is 5.21 Å². The number of sulfonamides is 1. The van der Waals surface area contributed by atoms with Crippen molar-refractivity contribution in [2.75, 3.05) is 11.8 Å². The Morgan fingerprint density at radius 3 is 2.33 bits per heavy atom. The molecule has 0 saturated heterocycles. The highest BCUT2D eigenvalue weighted by Crippen LogP contribution is 2.50. The van der Waals surface area contributed by atoms with Gasteiger partial charge in [0.05, 0.1) is 6.61 Å². The summed E-state index contributed by atoms with van der Waals surface area (Å²) in [6.07, 6.45) is 0. The second kappa shape index (κ2) is 5.91. The number of nitrogens with zero attached hydrogens (tertiary/aromatic N) is 1. The molecule has 9 heteroatoms.